The van der Waals surface area contributed by atoms with Gasteiger partial charge in [-0.15, -0.1) is 10.2 Å². The highest BCUT2D eigenvalue weighted by atomic mass is 32.2. The standard InChI is InChI=1S/C29H32N4O2S/c1-19(2)23-14-16-26(17-15-23)35-21(4)27-31-32-29(33(27)25-12-7-6-8-13-25)36-22(5)28(34)30-24-11-9-10-20(3)18-24/h6-19,21-22H,1-5H3,(H,30,34). The number of aryl methyl sites for hydroxylation is 1. The van der Waals surface area contributed by atoms with Gasteiger partial charge < -0.3 is 10.1 Å². The van der Waals surface area contributed by atoms with Gasteiger partial charge in [-0.2, -0.15) is 0 Å². The minimum atomic E-state index is -0.384. The average molecular weight is 501 g/mol. The number of aromatic nitrogens is 3. The molecule has 0 saturated heterocycles. The lowest BCUT2D eigenvalue weighted by atomic mass is 10.0. The number of ether oxygens (including phenoxy) is 1. The summed E-state index contributed by atoms with van der Waals surface area (Å²) >= 11 is 1.37. The second kappa shape index (κ2) is 11.4. The smallest absolute Gasteiger partial charge is 0.237 e. The molecule has 7 heteroatoms. The topological polar surface area (TPSA) is 69.0 Å². The maximum atomic E-state index is 12.9. The first-order valence-electron chi connectivity index (χ1n) is 12.1. The molecule has 1 N–H and O–H groups in total. The predicted molar refractivity (Wildman–Crippen MR) is 146 cm³/mol. The summed E-state index contributed by atoms with van der Waals surface area (Å²) in [5.41, 5.74) is 4.05. The summed E-state index contributed by atoms with van der Waals surface area (Å²) in [6.07, 6.45) is -0.353. The van der Waals surface area contributed by atoms with Crippen LogP contribution in [0.2, 0.25) is 0 Å². The first kappa shape index (κ1) is 25.5. The fraction of sp³-hybridized carbons (Fsp3) is 0.276. The van der Waals surface area contributed by atoms with Crippen LogP contribution in [0.1, 0.15) is 56.7 Å². The van der Waals surface area contributed by atoms with Gasteiger partial charge in [0.25, 0.3) is 0 Å². The first-order valence-corrected chi connectivity index (χ1v) is 13.0. The highest BCUT2D eigenvalue weighted by Crippen LogP contribution is 2.30. The van der Waals surface area contributed by atoms with Crippen LogP contribution in [-0.2, 0) is 4.79 Å². The van der Waals surface area contributed by atoms with Crippen molar-refractivity contribution in [3.05, 3.63) is 95.8 Å². The van der Waals surface area contributed by atoms with Gasteiger partial charge in [-0.25, -0.2) is 0 Å². The molecule has 6 nitrogen and oxygen atoms in total. The second-order valence-corrected chi connectivity index (χ2v) is 10.4. The lowest BCUT2D eigenvalue weighted by Gasteiger charge is -2.18. The Bertz CT molecular complexity index is 1300. The summed E-state index contributed by atoms with van der Waals surface area (Å²) < 4.78 is 8.21. The molecule has 0 radical (unpaired) electrons. The molecular formula is C29H32N4O2S. The zero-order chi connectivity index (χ0) is 25.7. The van der Waals surface area contributed by atoms with Crippen LogP contribution in [0.3, 0.4) is 0 Å². The van der Waals surface area contributed by atoms with Crippen LogP contribution in [-0.4, -0.2) is 25.9 Å². The molecule has 186 valence electrons. The maximum absolute atomic E-state index is 12.9. The number of hydrogen-bond acceptors (Lipinski definition) is 5. The van der Waals surface area contributed by atoms with Crippen LogP contribution in [0.5, 0.6) is 5.75 Å². The Kier molecular flexibility index (Phi) is 8.10. The van der Waals surface area contributed by atoms with E-state index in [0.717, 1.165) is 22.7 Å². The summed E-state index contributed by atoms with van der Waals surface area (Å²) in [6.45, 7) is 10.2. The summed E-state index contributed by atoms with van der Waals surface area (Å²) in [7, 11) is 0. The molecule has 1 aromatic heterocycles. The number of amides is 1. The minimum absolute atomic E-state index is 0.0932. The Morgan fingerprint density at radius 2 is 1.64 bits per heavy atom. The van der Waals surface area contributed by atoms with E-state index in [0.29, 0.717) is 16.9 Å². The third kappa shape index (κ3) is 6.15. The van der Waals surface area contributed by atoms with Gasteiger partial charge in [0.2, 0.25) is 5.91 Å². The minimum Gasteiger partial charge on any atom is -0.483 e. The van der Waals surface area contributed by atoms with E-state index >= 15 is 0 Å². The van der Waals surface area contributed by atoms with E-state index in [1.54, 1.807) is 0 Å². The third-order valence-corrected chi connectivity index (χ3v) is 6.88. The molecule has 0 aliphatic carbocycles. The van der Waals surface area contributed by atoms with Crippen LogP contribution in [0.4, 0.5) is 5.69 Å². The van der Waals surface area contributed by atoms with E-state index < -0.39 is 0 Å². The van der Waals surface area contributed by atoms with Crippen molar-refractivity contribution in [1.82, 2.24) is 14.8 Å². The van der Waals surface area contributed by atoms with E-state index in [1.165, 1.54) is 17.3 Å². The van der Waals surface area contributed by atoms with Crippen molar-refractivity contribution in [1.29, 1.82) is 0 Å². The second-order valence-electron chi connectivity index (χ2n) is 9.11. The summed E-state index contributed by atoms with van der Waals surface area (Å²) in [6, 6.07) is 25.8. The van der Waals surface area contributed by atoms with E-state index in [-0.39, 0.29) is 17.3 Å². The summed E-state index contributed by atoms with van der Waals surface area (Å²) in [5.74, 6) is 1.81. The van der Waals surface area contributed by atoms with Crippen molar-refractivity contribution >= 4 is 23.4 Å². The molecule has 2 atom stereocenters. The number of para-hydroxylation sites is 1. The number of rotatable bonds is 9. The third-order valence-electron chi connectivity index (χ3n) is 5.83. The average Bonchev–Trinajstić information content (AvgIpc) is 3.28. The van der Waals surface area contributed by atoms with E-state index in [4.69, 9.17) is 4.74 Å². The molecule has 0 aliphatic rings. The van der Waals surface area contributed by atoms with Gasteiger partial charge >= 0.3 is 0 Å². The lowest BCUT2D eigenvalue weighted by molar-refractivity contribution is -0.115. The van der Waals surface area contributed by atoms with Crippen molar-refractivity contribution in [2.45, 2.75) is 57.0 Å². The van der Waals surface area contributed by atoms with Gasteiger partial charge in [0, 0.05) is 11.4 Å². The molecule has 0 aliphatic heterocycles. The van der Waals surface area contributed by atoms with Crippen LogP contribution in [0.25, 0.3) is 5.69 Å². The number of nitrogens with zero attached hydrogens (tertiary/aromatic N) is 3. The molecule has 0 fully saturated rings. The summed E-state index contributed by atoms with van der Waals surface area (Å²) in [4.78, 5) is 12.9. The zero-order valence-corrected chi connectivity index (χ0v) is 22.1. The van der Waals surface area contributed by atoms with Crippen molar-refractivity contribution in [2.24, 2.45) is 0 Å². The van der Waals surface area contributed by atoms with Crippen LogP contribution >= 0.6 is 11.8 Å². The summed E-state index contributed by atoms with van der Waals surface area (Å²) in [5, 5.41) is 12.2. The Hall–Kier alpha value is -3.58. The number of nitrogens with one attached hydrogen (secondary N) is 1. The highest BCUT2D eigenvalue weighted by molar-refractivity contribution is 8.00. The molecule has 36 heavy (non-hydrogen) atoms. The van der Waals surface area contributed by atoms with Crippen molar-refractivity contribution in [3.63, 3.8) is 0 Å². The fourth-order valence-electron chi connectivity index (χ4n) is 3.81. The zero-order valence-electron chi connectivity index (χ0n) is 21.3. The van der Waals surface area contributed by atoms with Gasteiger partial charge in [0.15, 0.2) is 17.1 Å². The molecule has 0 saturated carbocycles. The van der Waals surface area contributed by atoms with Crippen LogP contribution in [0.15, 0.2) is 84.0 Å². The largest absolute Gasteiger partial charge is 0.483 e. The van der Waals surface area contributed by atoms with E-state index in [2.05, 4.69) is 41.5 Å². The van der Waals surface area contributed by atoms with Crippen LogP contribution in [0, 0.1) is 6.92 Å². The lowest BCUT2D eigenvalue weighted by Crippen LogP contribution is -2.23. The molecule has 3 aromatic carbocycles. The molecule has 0 spiro atoms. The normalized spacial score (nSPS) is 12.8. The number of carbonyl (C=O) groups excluding carboxylic acids is 1. The molecule has 2 unspecified atom stereocenters. The number of benzene rings is 3. The SMILES string of the molecule is Cc1cccc(NC(=O)C(C)Sc2nnc(C(C)Oc3ccc(C(C)C)cc3)n2-c2ccccc2)c1. The molecular weight excluding hydrogens is 468 g/mol. The van der Waals surface area contributed by atoms with Gasteiger partial charge in [-0.1, -0.05) is 68.1 Å². The van der Waals surface area contributed by atoms with Crippen molar-refractivity contribution < 1.29 is 9.53 Å². The molecule has 4 aromatic rings. The van der Waals surface area contributed by atoms with Gasteiger partial charge in [-0.05, 0) is 74.2 Å². The molecule has 4 rings (SSSR count). The van der Waals surface area contributed by atoms with Crippen LogP contribution < -0.4 is 10.1 Å². The van der Waals surface area contributed by atoms with E-state index in [1.807, 2.05) is 92.1 Å². The quantitative estimate of drug-likeness (QED) is 0.252. The Labute approximate surface area is 217 Å². The predicted octanol–water partition coefficient (Wildman–Crippen LogP) is 6.96. The maximum Gasteiger partial charge on any atom is 0.237 e. The number of anilines is 1. The number of carbonyl (C=O) groups is 1. The van der Waals surface area contributed by atoms with Gasteiger partial charge in [-0.3, -0.25) is 9.36 Å². The highest BCUT2D eigenvalue weighted by Gasteiger charge is 2.24. The van der Waals surface area contributed by atoms with Gasteiger partial charge in [0.05, 0.1) is 5.25 Å². The Balaban J connectivity index is 1.56. The number of thioether (sulfide) groups is 1. The Morgan fingerprint density at radius 1 is 0.917 bits per heavy atom. The van der Waals surface area contributed by atoms with Gasteiger partial charge in [0.1, 0.15) is 5.75 Å². The molecule has 0 bridgehead atoms. The van der Waals surface area contributed by atoms with Crippen molar-refractivity contribution in [2.75, 3.05) is 5.32 Å². The Morgan fingerprint density at radius 3 is 2.31 bits per heavy atom. The first-order chi connectivity index (χ1) is 17.3. The number of hydrogen-bond donors (Lipinski definition) is 1. The van der Waals surface area contributed by atoms with Crippen molar-refractivity contribution in [3.8, 4) is 11.4 Å². The molecule has 1 amide bonds. The van der Waals surface area contributed by atoms with E-state index in [9.17, 15) is 4.79 Å². The molecule has 1 heterocycles. The monoisotopic (exact) mass is 500 g/mol. The fourth-order valence-corrected chi connectivity index (χ4v) is 4.68.